The minimum atomic E-state index is -0.931. The van der Waals surface area contributed by atoms with Crippen LogP contribution in [0.25, 0.3) is 22.2 Å². The second-order valence-electron chi connectivity index (χ2n) is 7.95. The predicted octanol–water partition coefficient (Wildman–Crippen LogP) is 6.05. The Kier molecular flexibility index (Phi) is 5.40. The molecule has 1 aliphatic rings. The van der Waals surface area contributed by atoms with Crippen LogP contribution in [-0.4, -0.2) is 27.4 Å². The Morgan fingerprint density at radius 2 is 1.79 bits per heavy atom. The number of hydrogen-bond donors (Lipinski definition) is 1. The third-order valence-electron chi connectivity index (χ3n) is 5.79. The summed E-state index contributed by atoms with van der Waals surface area (Å²) in [5, 5.41) is 13.6. The van der Waals surface area contributed by atoms with Gasteiger partial charge < -0.3 is 14.6 Å². The number of halogens is 2. The number of nitro groups is 1. The molecule has 0 radical (unpaired) electrons. The van der Waals surface area contributed by atoms with Gasteiger partial charge in [0, 0.05) is 24.4 Å². The number of anilines is 1. The SMILES string of the molecule is O=C(Nc1ccc([N+](=O)[O-])cc1)N1CCCC1c1nc2cc(-c3ccc(F)c(F)c3)ccc2o1. The van der Waals surface area contributed by atoms with Crippen molar-refractivity contribution < 1.29 is 22.9 Å². The molecule has 34 heavy (non-hydrogen) atoms. The first kappa shape index (κ1) is 21.5. The number of aromatic nitrogens is 1. The van der Waals surface area contributed by atoms with Crippen molar-refractivity contribution in [3.05, 3.63) is 88.3 Å². The number of nitrogens with zero attached hydrogens (tertiary/aromatic N) is 3. The average molecular weight is 464 g/mol. The van der Waals surface area contributed by atoms with Gasteiger partial charge in [-0.2, -0.15) is 0 Å². The molecule has 1 saturated heterocycles. The highest BCUT2D eigenvalue weighted by atomic mass is 19.2. The van der Waals surface area contributed by atoms with E-state index in [1.54, 1.807) is 23.1 Å². The normalized spacial score (nSPS) is 15.6. The smallest absolute Gasteiger partial charge is 0.322 e. The Hall–Kier alpha value is -4.34. The van der Waals surface area contributed by atoms with Crippen LogP contribution in [0.1, 0.15) is 24.8 Å². The Balaban J connectivity index is 1.37. The number of hydrogen-bond acceptors (Lipinski definition) is 5. The van der Waals surface area contributed by atoms with Gasteiger partial charge in [0.1, 0.15) is 11.6 Å². The monoisotopic (exact) mass is 464 g/mol. The van der Waals surface area contributed by atoms with Crippen molar-refractivity contribution in [2.75, 3.05) is 11.9 Å². The van der Waals surface area contributed by atoms with Gasteiger partial charge in [-0.1, -0.05) is 12.1 Å². The molecule has 0 aliphatic carbocycles. The molecular weight excluding hydrogens is 446 g/mol. The number of amides is 2. The van der Waals surface area contributed by atoms with Crippen molar-refractivity contribution in [2.24, 2.45) is 0 Å². The number of oxazole rings is 1. The van der Waals surface area contributed by atoms with Crippen LogP contribution in [0.3, 0.4) is 0 Å². The number of carbonyl (C=O) groups is 1. The minimum absolute atomic E-state index is 0.0636. The van der Waals surface area contributed by atoms with E-state index in [9.17, 15) is 23.7 Å². The molecule has 0 spiro atoms. The van der Waals surface area contributed by atoms with Gasteiger partial charge in [0.05, 0.1) is 4.92 Å². The standard InChI is InChI=1S/C24H18F2N4O4/c25-18-9-3-14(12-19(18)26)15-4-10-22-20(13-15)28-23(34-22)21-2-1-11-29(21)24(31)27-16-5-7-17(8-6-16)30(32)33/h3-10,12-13,21H,1-2,11H2,(H,27,31). The molecule has 1 aromatic heterocycles. The van der Waals surface area contributed by atoms with E-state index in [1.165, 1.54) is 30.3 Å². The van der Waals surface area contributed by atoms with E-state index < -0.39 is 16.6 Å². The fourth-order valence-electron chi connectivity index (χ4n) is 4.07. The molecule has 1 N–H and O–H groups in total. The zero-order valence-electron chi connectivity index (χ0n) is 17.7. The number of urea groups is 1. The lowest BCUT2D eigenvalue weighted by molar-refractivity contribution is -0.384. The van der Waals surface area contributed by atoms with E-state index in [0.717, 1.165) is 18.6 Å². The maximum absolute atomic E-state index is 13.6. The highest BCUT2D eigenvalue weighted by molar-refractivity contribution is 5.90. The van der Waals surface area contributed by atoms with Gasteiger partial charge in [0.25, 0.3) is 5.69 Å². The molecule has 0 saturated carbocycles. The molecule has 1 aliphatic heterocycles. The first-order valence-electron chi connectivity index (χ1n) is 10.6. The molecule has 3 aromatic carbocycles. The maximum Gasteiger partial charge on any atom is 0.322 e. The van der Waals surface area contributed by atoms with Gasteiger partial charge in [-0.3, -0.25) is 10.1 Å². The molecule has 0 bridgehead atoms. The van der Waals surface area contributed by atoms with E-state index >= 15 is 0 Å². The average Bonchev–Trinajstić information content (AvgIpc) is 3.47. The summed E-state index contributed by atoms with van der Waals surface area (Å²) in [7, 11) is 0. The highest BCUT2D eigenvalue weighted by Crippen LogP contribution is 2.35. The number of fused-ring (bicyclic) bond motifs is 1. The second kappa shape index (κ2) is 8.54. The van der Waals surface area contributed by atoms with Crippen molar-refractivity contribution in [3.8, 4) is 11.1 Å². The minimum Gasteiger partial charge on any atom is -0.438 e. The van der Waals surface area contributed by atoms with E-state index in [4.69, 9.17) is 4.42 Å². The number of benzene rings is 3. The molecule has 8 nitrogen and oxygen atoms in total. The molecule has 4 aromatic rings. The Morgan fingerprint density at radius 1 is 1.06 bits per heavy atom. The lowest BCUT2D eigenvalue weighted by atomic mass is 10.1. The Bertz CT molecular complexity index is 1400. The van der Waals surface area contributed by atoms with Gasteiger partial charge in [-0.25, -0.2) is 18.6 Å². The molecule has 2 amide bonds. The van der Waals surface area contributed by atoms with E-state index in [0.29, 0.717) is 46.8 Å². The van der Waals surface area contributed by atoms with Crippen molar-refractivity contribution >= 4 is 28.5 Å². The molecular formula is C24H18F2N4O4. The quantitative estimate of drug-likeness (QED) is 0.293. The predicted molar refractivity (Wildman–Crippen MR) is 120 cm³/mol. The molecule has 1 unspecified atom stereocenters. The lowest BCUT2D eigenvalue weighted by Gasteiger charge is -2.22. The number of rotatable bonds is 4. The fourth-order valence-corrected chi connectivity index (χ4v) is 4.07. The number of carbonyl (C=O) groups excluding carboxylic acids is 1. The molecule has 10 heteroatoms. The lowest BCUT2D eigenvalue weighted by Crippen LogP contribution is -2.34. The van der Waals surface area contributed by atoms with Gasteiger partial charge in [0.15, 0.2) is 17.2 Å². The molecule has 2 heterocycles. The summed E-state index contributed by atoms with van der Waals surface area (Å²) in [6.45, 7) is 0.502. The Morgan fingerprint density at radius 3 is 2.53 bits per heavy atom. The summed E-state index contributed by atoms with van der Waals surface area (Å²) < 4.78 is 32.8. The molecule has 1 fully saturated rings. The number of non-ortho nitro benzene ring substituents is 1. The van der Waals surface area contributed by atoms with Crippen molar-refractivity contribution in [1.82, 2.24) is 9.88 Å². The third-order valence-corrected chi connectivity index (χ3v) is 5.79. The van der Waals surface area contributed by atoms with Gasteiger partial charge >= 0.3 is 6.03 Å². The number of likely N-dealkylation sites (tertiary alicyclic amines) is 1. The summed E-state index contributed by atoms with van der Waals surface area (Å²) in [4.78, 5) is 29.4. The van der Waals surface area contributed by atoms with Gasteiger partial charge in [-0.05, 0) is 60.4 Å². The van der Waals surface area contributed by atoms with Crippen molar-refractivity contribution in [2.45, 2.75) is 18.9 Å². The summed E-state index contributed by atoms with van der Waals surface area (Å²) in [5.74, 6) is -1.46. The zero-order valence-corrected chi connectivity index (χ0v) is 17.7. The maximum atomic E-state index is 13.6. The molecule has 5 rings (SSSR count). The van der Waals surface area contributed by atoms with E-state index in [2.05, 4.69) is 10.3 Å². The first-order valence-corrected chi connectivity index (χ1v) is 10.6. The summed E-state index contributed by atoms with van der Waals surface area (Å²) in [6, 6.07) is 13.7. The Labute approximate surface area is 192 Å². The van der Waals surface area contributed by atoms with Crippen LogP contribution < -0.4 is 5.32 Å². The number of nitrogens with one attached hydrogen (secondary N) is 1. The topological polar surface area (TPSA) is 102 Å². The van der Waals surface area contributed by atoms with Gasteiger partial charge in [0.2, 0.25) is 5.89 Å². The van der Waals surface area contributed by atoms with E-state index in [1.807, 2.05) is 0 Å². The molecule has 172 valence electrons. The third kappa shape index (κ3) is 4.05. The highest BCUT2D eigenvalue weighted by Gasteiger charge is 2.33. The van der Waals surface area contributed by atoms with Crippen LogP contribution in [0, 0.1) is 21.7 Å². The summed E-state index contributed by atoms with van der Waals surface area (Å²) in [5.41, 5.74) is 2.60. The van der Waals surface area contributed by atoms with Crippen LogP contribution in [-0.2, 0) is 0 Å². The first-order chi connectivity index (χ1) is 16.4. The number of nitro benzene ring substituents is 1. The van der Waals surface area contributed by atoms with E-state index in [-0.39, 0.29) is 17.8 Å². The van der Waals surface area contributed by atoms with Crippen molar-refractivity contribution in [3.63, 3.8) is 0 Å². The largest absolute Gasteiger partial charge is 0.438 e. The fraction of sp³-hybridized carbons (Fsp3) is 0.167. The zero-order chi connectivity index (χ0) is 23.8. The molecule has 1 atom stereocenters. The van der Waals surface area contributed by atoms with Crippen LogP contribution in [0.2, 0.25) is 0 Å². The van der Waals surface area contributed by atoms with Crippen molar-refractivity contribution in [1.29, 1.82) is 0 Å². The van der Waals surface area contributed by atoms with Crippen LogP contribution in [0.5, 0.6) is 0 Å². The van der Waals surface area contributed by atoms with Gasteiger partial charge in [-0.15, -0.1) is 0 Å². The summed E-state index contributed by atoms with van der Waals surface area (Å²) >= 11 is 0. The summed E-state index contributed by atoms with van der Waals surface area (Å²) in [6.07, 6.45) is 1.42. The van der Waals surface area contributed by atoms with Crippen LogP contribution in [0.4, 0.5) is 25.0 Å². The van der Waals surface area contributed by atoms with Crippen LogP contribution >= 0.6 is 0 Å². The second-order valence-corrected chi connectivity index (χ2v) is 7.95. The van der Waals surface area contributed by atoms with Crippen LogP contribution in [0.15, 0.2) is 65.1 Å².